The van der Waals surface area contributed by atoms with E-state index in [1.807, 2.05) is 62.0 Å². The van der Waals surface area contributed by atoms with Crippen LogP contribution in [0.1, 0.15) is 38.4 Å². The van der Waals surface area contributed by atoms with E-state index in [1.54, 1.807) is 12.0 Å². The average molecular weight is 421 g/mol. The molecule has 4 rings (SSSR count). The first-order valence-electron chi connectivity index (χ1n) is 10.5. The maximum absolute atomic E-state index is 12.3. The second kappa shape index (κ2) is 8.41. The summed E-state index contributed by atoms with van der Waals surface area (Å²) in [4.78, 5) is 18.9. The maximum atomic E-state index is 12.3. The average Bonchev–Trinajstić information content (AvgIpc) is 3.15. The summed E-state index contributed by atoms with van der Waals surface area (Å²) in [6, 6.07) is 12.0. The Hall–Kier alpha value is -3.35. The monoisotopic (exact) mass is 420 g/mol. The molecule has 1 amide bonds. The van der Waals surface area contributed by atoms with Gasteiger partial charge in [0.25, 0.3) is 0 Å². The fraction of sp³-hybridized carbons (Fsp3) is 0.375. The van der Waals surface area contributed by atoms with Crippen LogP contribution in [0, 0.1) is 0 Å². The van der Waals surface area contributed by atoms with Gasteiger partial charge in [0.1, 0.15) is 11.4 Å². The topological polar surface area (TPSA) is 69.5 Å². The lowest BCUT2D eigenvalue weighted by Crippen LogP contribution is -2.39. The summed E-state index contributed by atoms with van der Waals surface area (Å²) in [6.07, 6.45) is 4.37. The van der Waals surface area contributed by atoms with Crippen LogP contribution in [0.5, 0.6) is 5.75 Å². The van der Waals surface area contributed by atoms with Crippen LogP contribution in [-0.4, -0.2) is 51.6 Å². The van der Waals surface area contributed by atoms with Gasteiger partial charge in [0, 0.05) is 18.5 Å². The summed E-state index contributed by atoms with van der Waals surface area (Å²) in [7, 11) is 1.66. The highest BCUT2D eigenvalue weighted by molar-refractivity contribution is 5.78. The normalized spacial score (nSPS) is 14.5. The van der Waals surface area contributed by atoms with E-state index in [1.165, 1.54) is 0 Å². The Kier molecular flexibility index (Phi) is 5.67. The first-order valence-corrected chi connectivity index (χ1v) is 10.5. The van der Waals surface area contributed by atoms with Crippen molar-refractivity contribution in [2.45, 2.75) is 39.3 Å². The molecule has 162 valence electrons. The Bertz CT molecular complexity index is 1110. The number of hydrogen-bond acceptors (Lipinski definition) is 5. The molecule has 0 unspecified atom stereocenters. The van der Waals surface area contributed by atoms with Gasteiger partial charge < -0.3 is 14.4 Å². The predicted octanol–water partition coefficient (Wildman–Crippen LogP) is 4.51. The zero-order valence-corrected chi connectivity index (χ0v) is 18.5. The highest BCUT2D eigenvalue weighted by atomic mass is 16.6. The van der Waals surface area contributed by atoms with Crippen molar-refractivity contribution in [3.8, 4) is 5.75 Å². The van der Waals surface area contributed by atoms with Gasteiger partial charge in [-0.1, -0.05) is 18.2 Å². The molecule has 0 saturated carbocycles. The van der Waals surface area contributed by atoms with Crippen LogP contribution in [0.3, 0.4) is 0 Å². The van der Waals surface area contributed by atoms with E-state index >= 15 is 0 Å². The number of amides is 1. The van der Waals surface area contributed by atoms with Crippen molar-refractivity contribution in [2.75, 3.05) is 20.2 Å². The lowest BCUT2D eigenvalue weighted by Gasteiger charge is -2.29. The Morgan fingerprint density at radius 3 is 2.55 bits per heavy atom. The number of fused-ring (bicyclic) bond motifs is 1. The Morgan fingerprint density at radius 2 is 1.90 bits per heavy atom. The first-order chi connectivity index (χ1) is 14.8. The van der Waals surface area contributed by atoms with E-state index in [2.05, 4.69) is 17.2 Å². The number of carbonyl (C=O) groups excluding carboxylic acids is 1. The third-order valence-electron chi connectivity index (χ3n) is 5.17. The molecule has 0 fully saturated rings. The van der Waals surface area contributed by atoms with Gasteiger partial charge >= 0.3 is 6.09 Å². The number of aromatic nitrogens is 3. The van der Waals surface area contributed by atoms with E-state index in [0.29, 0.717) is 19.6 Å². The van der Waals surface area contributed by atoms with Crippen LogP contribution in [0.2, 0.25) is 0 Å². The van der Waals surface area contributed by atoms with Crippen molar-refractivity contribution in [3.63, 3.8) is 0 Å². The van der Waals surface area contributed by atoms with Gasteiger partial charge in [-0.05, 0) is 62.6 Å². The van der Waals surface area contributed by atoms with Crippen LogP contribution in [0.15, 0.2) is 48.7 Å². The van der Waals surface area contributed by atoms with Crippen molar-refractivity contribution in [1.82, 2.24) is 19.7 Å². The molecule has 1 aliphatic rings. The molecule has 0 saturated heterocycles. The van der Waals surface area contributed by atoms with Gasteiger partial charge in [0.2, 0.25) is 0 Å². The number of ether oxygens (including phenoxy) is 2. The summed E-state index contributed by atoms with van der Waals surface area (Å²) >= 11 is 0. The highest BCUT2D eigenvalue weighted by Gasteiger charge is 2.24. The summed E-state index contributed by atoms with van der Waals surface area (Å²) in [5.41, 5.74) is 3.55. The molecular weight excluding hydrogens is 392 g/mol. The highest BCUT2D eigenvalue weighted by Crippen LogP contribution is 2.24. The van der Waals surface area contributed by atoms with E-state index < -0.39 is 5.60 Å². The van der Waals surface area contributed by atoms with Crippen LogP contribution < -0.4 is 4.74 Å². The van der Waals surface area contributed by atoms with Gasteiger partial charge in [0.15, 0.2) is 5.65 Å². The molecule has 2 aromatic heterocycles. The molecule has 7 heteroatoms. The fourth-order valence-electron chi connectivity index (χ4n) is 3.55. The summed E-state index contributed by atoms with van der Waals surface area (Å²) in [5.74, 6) is 0.833. The van der Waals surface area contributed by atoms with Crippen molar-refractivity contribution in [1.29, 1.82) is 0 Å². The van der Waals surface area contributed by atoms with E-state index in [-0.39, 0.29) is 6.09 Å². The standard InChI is InChI=1S/C24H28N4O3/c1-24(2,3)31-23(29)27-13-11-18(12-14-27)21-10-7-19-15-25-28(22(19)26-21)16-17-5-8-20(30-4)9-6-17/h5-11,15H,12-14,16H2,1-4H3. The Balaban J connectivity index is 1.51. The molecule has 31 heavy (non-hydrogen) atoms. The largest absolute Gasteiger partial charge is 0.497 e. The lowest BCUT2D eigenvalue weighted by atomic mass is 10.0. The van der Waals surface area contributed by atoms with Crippen LogP contribution >= 0.6 is 0 Å². The van der Waals surface area contributed by atoms with Crippen LogP contribution in [-0.2, 0) is 11.3 Å². The summed E-state index contributed by atoms with van der Waals surface area (Å²) in [6.45, 7) is 7.41. The molecular formula is C24H28N4O3. The fourth-order valence-corrected chi connectivity index (χ4v) is 3.55. The smallest absolute Gasteiger partial charge is 0.410 e. The molecule has 0 spiro atoms. The van der Waals surface area contributed by atoms with Crippen molar-refractivity contribution in [2.24, 2.45) is 0 Å². The number of hydrogen-bond donors (Lipinski definition) is 0. The molecule has 1 aliphatic heterocycles. The number of methoxy groups -OCH3 is 1. The number of benzene rings is 1. The van der Waals surface area contributed by atoms with Crippen molar-refractivity contribution < 1.29 is 14.3 Å². The molecule has 0 bridgehead atoms. The minimum atomic E-state index is -0.490. The van der Waals surface area contributed by atoms with Gasteiger partial charge in [-0.25, -0.2) is 14.5 Å². The van der Waals surface area contributed by atoms with Gasteiger partial charge in [-0.3, -0.25) is 0 Å². The van der Waals surface area contributed by atoms with E-state index in [9.17, 15) is 4.79 Å². The molecule has 0 radical (unpaired) electrons. The number of pyridine rings is 1. The second-order valence-electron chi connectivity index (χ2n) is 8.67. The number of rotatable bonds is 4. The van der Waals surface area contributed by atoms with E-state index in [4.69, 9.17) is 14.5 Å². The minimum absolute atomic E-state index is 0.274. The third kappa shape index (κ3) is 4.87. The maximum Gasteiger partial charge on any atom is 0.410 e. The molecule has 3 aromatic rings. The van der Waals surface area contributed by atoms with Crippen LogP contribution in [0.25, 0.3) is 16.6 Å². The molecule has 0 aliphatic carbocycles. The lowest BCUT2D eigenvalue weighted by molar-refractivity contribution is 0.0270. The molecule has 7 nitrogen and oxygen atoms in total. The summed E-state index contributed by atoms with van der Waals surface area (Å²) in [5, 5.41) is 5.53. The predicted molar refractivity (Wildman–Crippen MR) is 120 cm³/mol. The van der Waals surface area contributed by atoms with Crippen LogP contribution in [0.4, 0.5) is 4.79 Å². The van der Waals surface area contributed by atoms with Gasteiger partial charge in [-0.2, -0.15) is 5.10 Å². The number of carbonyl (C=O) groups is 1. The minimum Gasteiger partial charge on any atom is -0.497 e. The summed E-state index contributed by atoms with van der Waals surface area (Å²) < 4.78 is 12.6. The molecule has 1 aromatic carbocycles. The van der Waals surface area contributed by atoms with Crippen molar-refractivity contribution in [3.05, 3.63) is 59.9 Å². The zero-order valence-electron chi connectivity index (χ0n) is 18.5. The Morgan fingerprint density at radius 1 is 1.13 bits per heavy atom. The number of nitrogens with zero attached hydrogens (tertiary/aromatic N) is 4. The quantitative estimate of drug-likeness (QED) is 0.621. The Labute approximate surface area is 182 Å². The molecule has 3 heterocycles. The zero-order chi connectivity index (χ0) is 22.0. The SMILES string of the molecule is COc1ccc(Cn2ncc3ccc(C4=CCN(C(=O)OC(C)(C)C)CC4)nc32)cc1. The van der Waals surface area contributed by atoms with Gasteiger partial charge in [0.05, 0.1) is 25.5 Å². The van der Waals surface area contributed by atoms with E-state index in [0.717, 1.165) is 40.0 Å². The second-order valence-corrected chi connectivity index (χ2v) is 8.67. The third-order valence-corrected chi connectivity index (χ3v) is 5.17. The van der Waals surface area contributed by atoms with Gasteiger partial charge in [-0.15, -0.1) is 0 Å². The van der Waals surface area contributed by atoms with Crippen molar-refractivity contribution >= 4 is 22.7 Å². The first kappa shape index (κ1) is 20.9. The molecule has 0 atom stereocenters. The molecule has 0 N–H and O–H groups in total.